The van der Waals surface area contributed by atoms with E-state index in [1.807, 2.05) is 45.2 Å². The molecule has 0 aromatic carbocycles. The number of hydrogen-bond donors (Lipinski definition) is 1. The topological polar surface area (TPSA) is 63.1 Å². The number of aryl methyl sites for hydroxylation is 2. The van der Waals surface area contributed by atoms with Gasteiger partial charge >= 0.3 is 0 Å². The van der Waals surface area contributed by atoms with Gasteiger partial charge in [0, 0.05) is 66.6 Å². The maximum Gasteiger partial charge on any atom is 0.250 e. The van der Waals surface area contributed by atoms with E-state index in [1.54, 1.807) is 17.7 Å². The molecule has 1 aliphatic heterocycles. The second-order valence-corrected chi connectivity index (χ2v) is 9.86. The van der Waals surface area contributed by atoms with Crippen LogP contribution in [0.3, 0.4) is 0 Å². The molecule has 3 aromatic heterocycles. The largest absolute Gasteiger partial charge is 0.490 e. The zero-order chi connectivity index (χ0) is 23.8. The number of nitrogens with zero attached hydrogens (tertiary/aromatic N) is 3. The van der Waals surface area contributed by atoms with Crippen LogP contribution in [0.15, 0.2) is 35.3 Å². The number of aromatic amines is 1. The lowest BCUT2D eigenvalue weighted by Gasteiger charge is -2.53. The molecule has 0 atom stereocenters. The third-order valence-electron chi connectivity index (χ3n) is 6.72. The van der Waals surface area contributed by atoms with E-state index >= 15 is 0 Å². The molecule has 4 heterocycles. The molecule has 1 fully saturated rings. The summed E-state index contributed by atoms with van der Waals surface area (Å²) in [5.74, 6) is 0.828. The van der Waals surface area contributed by atoms with Crippen LogP contribution in [-0.2, 0) is 7.05 Å². The molecule has 0 radical (unpaired) electrons. The van der Waals surface area contributed by atoms with E-state index in [0.29, 0.717) is 0 Å². The Morgan fingerprint density at radius 3 is 2.31 bits per heavy atom. The Kier molecular flexibility index (Phi) is 6.57. The number of aromatic nitrogens is 3. The van der Waals surface area contributed by atoms with Crippen molar-refractivity contribution in [1.82, 2.24) is 19.4 Å². The molecule has 0 bridgehead atoms. The second-order valence-electron chi connectivity index (χ2n) is 9.86. The number of rotatable bonds is 3. The molecule has 32 heavy (non-hydrogen) atoms. The maximum atomic E-state index is 12.2. The molecule has 6 nitrogen and oxygen atoms in total. The van der Waals surface area contributed by atoms with Gasteiger partial charge in [0.05, 0.1) is 16.7 Å². The molecule has 174 valence electrons. The molecule has 0 unspecified atom stereocenters. The summed E-state index contributed by atoms with van der Waals surface area (Å²) in [5.41, 5.74) is 4.46. The van der Waals surface area contributed by atoms with Crippen molar-refractivity contribution >= 4 is 11.0 Å². The first-order chi connectivity index (χ1) is 15.0. The molecule has 1 N–H and O–H groups in total. The summed E-state index contributed by atoms with van der Waals surface area (Å²) >= 11 is 0. The summed E-state index contributed by atoms with van der Waals surface area (Å²) in [6.07, 6.45) is 3.97. The van der Waals surface area contributed by atoms with Crippen LogP contribution in [-0.4, -0.2) is 43.7 Å². The molecule has 1 aliphatic rings. The minimum absolute atomic E-state index is 0.0386. The van der Waals surface area contributed by atoms with Crippen LogP contribution >= 0.6 is 0 Å². The average molecular weight is 439 g/mol. The van der Waals surface area contributed by atoms with E-state index in [0.717, 1.165) is 46.6 Å². The van der Waals surface area contributed by atoms with Gasteiger partial charge in [0.25, 0.3) is 5.56 Å². The number of pyridine rings is 2. The van der Waals surface area contributed by atoms with Crippen LogP contribution in [0, 0.1) is 6.92 Å². The third kappa shape index (κ3) is 4.46. The van der Waals surface area contributed by atoms with Gasteiger partial charge in [-0.1, -0.05) is 13.8 Å². The van der Waals surface area contributed by atoms with Gasteiger partial charge in [-0.3, -0.25) is 14.7 Å². The fourth-order valence-electron chi connectivity index (χ4n) is 4.89. The van der Waals surface area contributed by atoms with Crippen LogP contribution in [0.1, 0.15) is 60.1 Å². The molecular weight excluding hydrogens is 400 g/mol. The lowest BCUT2D eigenvalue weighted by atomic mass is 9.79. The zero-order valence-corrected chi connectivity index (χ0v) is 21.0. The third-order valence-corrected chi connectivity index (χ3v) is 6.72. The van der Waals surface area contributed by atoms with Crippen LogP contribution in [0.4, 0.5) is 0 Å². The number of piperidine rings is 1. The lowest BCUT2D eigenvalue weighted by molar-refractivity contribution is -0.0556. The highest BCUT2D eigenvalue weighted by Gasteiger charge is 2.44. The Hall–Kier alpha value is -2.60. The van der Waals surface area contributed by atoms with Gasteiger partial charge in [-0.2, -0.15) is 0 Å². The van der Waals surface area contributed by atoms with Crippen LogP contribution in [0.2, 0.25) is 0 Å². The van der Waals surface area contributed by atoms with E-state index in [2.05, 4.69) is 44.6 Å². The van der Waals surface area contributed by atoms with Gasteiger partial charge in [0.2, 0.25) is 0 Å². The molecule has 6 heteroatoms. The molecule has 3 aromatic rings. The van der Waals surface area contributed by atoms with Gasteiger partial charge in [0.15, 0.2) is 0 Å². The Bertz CT molecular complexity index is 1140. The molecular formula is C26H38N4O2. The van der Waals surface area contributed by atoms with Crippen molar-refractivity contribution in [3.63, 3.8) is 0 Å². The molecule has 0 aliphatic carbocycles. The highest BCUT2D eigenvalue weighted by Crippen LogP contribution is 2.39. The molecule has 0 saturated carbocycles. The standard InChI is InChI=1S/C24H32N4O2.C2H6/c1-15-10-16(30-17-12-23(2,3)28(7)24(4,5)13-17)11-20(26-15)18-14-25-19-8-9-21(29)27(6)22(18)19;1-2/h8-11,14,17,25H,12-13H2,1-7H3;1-2H3. The number of ether oxygens (including phenoxy) is 1. The van der Waals surface area contributed by atoms with Gasteiger partial charge < -0.3 is 14.3 Å². The van der Waals surface area contributed by atoms with Crippen molar-refractivity contribution in [1.29, 1.82) is 0 Å². The highest BCUT2D eigenvalue weighted by atomic mass is 16.5. The Labute approximate surface area is 191 Å². The summed E-state index contributed by atoms with van der Waals surface area (Å²) in [7, 11) is 3.99. The first-order valence-corrected chi connectivity index (χ1v) is 11.5. The van der Waals surface area contributed by atoms with Crippen molar-refractivity contribution < 1.29 is 4.74 Å². The summed E-state index contributed by atoms with van der Waals surface area (Å²) in [6.45, 7) is 15.1. The Morgan fingerprint density at radius 1 is 1.06 bits per heavy atom. The first kappa shape index (κ1) is 24.1. The number of nitrogens with one attached hydrogen (secondary N) is 1. The van der Waals surface area contributed by atoms with E-state index in [-0.39, 0.29) is 22.7 Å². The predicted molar refractivity (Wildman–Crippen MR) is 132 cm³/mol. The SMILES string of the molecule is CC.Cc1cc(OC2CC(C)(C)N(C)C(C)(C)C2)cc(-c2c[nH]c3ccc(=O)n(C)c23)n1. The van der Waals surface area contributed by atoms with Gasteiger partial charge in [0.1, 0.15) is 11.9 Å². The molecule has 4 rings (SSSR count). The summed E-state index contributed by atoms with van der Waals surface area (Å²) in [4.78, 5) is 22.6. The molecule has 0 amide bonds. The van der Waals surface area contributed by atoms with Crippen molar-refractivity contribution in [2.75, 3.05) is 7.05 Å². The summed E-state index contributed by atoms with van der Waals surface area (Å²) in [5, 5.41) is 0. The molecule has 1 saturated heterocycles. The fourth-order valence-corrected chi connectivity index (χ4v) is 4.89. The number of likely N-dealkylation sites (tertiary alicyclic amines) is 1. The van der Waals surface area contributed by atoms with Gasteiger partial charge in [-0.25, -0.2) is 0 Å². The van der Waals surface area contributed by atoms with Gasteiger partial charge in [-0.15, -0.1) is 0 Å². The Morgan fingerprint density at radius 2 is 1.69 bits per heavy atom. The monoisotopic (exact) mass is 438 g/mol. The minimum atomic E-state index is -0.0386. The minimum Gasteiger partial charge on any atom is -0.490 e. The number of fused-ring (bicyclic) bond motifs is 1. The predicted octanol–water partition coefficient (Wildman–Crippen LogP) is 5.29. The summed E-state index contributed by atoms with van der Waals surface area (Å²) < 4.78 is 8.18. The summed E-state index contributed by atoms with van der Waals surface area (Å²) in [6, 6.07) is 7.38. The lowest BCUT2D eigenvalue weighted by Crippen LogP contribution is -2.60. The zero-order valence-electron chi connectivity index (χ0n) is 21.0. The van der Waals surface area contributed by atoms with E-state index in [1.165, 1.54) is 0 Å². The van der Waals surface area contributed by atoms with Crippen LogP contribution in [0.5, 0.6) is 5.75 Å². The van der Waals surface area contributed by atoms with Crippen molar-refractivity contribution in [3.8, 4) is 17.0 Å². The van der Waals surface area contributed by atoms with Crippen LogP contribution in [0.25, 0.3) is 22.3 Å². The van der Waals surface area contributed by atoms with Crippen molar-refractivity contribution in [3.05, 3.63) is 46.5 Å². The smallest absolute Gasteiger partial charge is 0.250 e. The highest BCUT2D eigenvalue weighted by molar-refractivity contribution is 5.91. The van der Waals surface area contributed by atoms with E-state index in [9.17, 15) is 4.79 Å². The second kappa shape index (κ2) is 8.74. The first-order valence-electron chi connectivity index (χ1n) is 11.5. The Balaban J connectivity index is 0.00000141. The van der Waals surface area contributed by atoms with Crippen molar-refractivity contribution in [2.45, 2.75) is 78.5 Å². The molecule has 0 spiro atoms. The number of hydrogen-bond acceptors (Lipinski definition) is 4. The fraction of sp³-hybridized carbons (Fsp3) is 0.538. The average Bonchev–Trinajstić information content (AvgIpc) is 3.14. The van der Waals surface area contributed by atoms with Crippen molar-refractivity contribution in [2.24, 2.45) is 7.05 Å². The number of H-pyrrole nitrogens is 1. The normalized spacial score (nSPS) is 18.3. The van der Waals surface area contributed by atoms with Crippen LogP contribution < -0.4 is 10.3 Å². The van der Waals surface area contributed by atoms with E-state index < -0.39 is 0 Å². The quantitative estimate of drug-likeness (QED) is 0.603. The van der Waals surface area contributed by atoms with E-state index in [4.69, 9.17) is 9.72 Å². The maximum absolute atomic E-state index is 12.2. The van der Waals surface area contributed by atoms with Gasteiger partial charge in [-0.05, 0) is 47.7 Å².